The largest absolute Gasteiger partial charge is 0.494 e. The summed E-state index contributed by atoms with van der Waals surface area (Å²) in [7, 11) is 1.48. The van der Waals surface area contributed by atoms with E-state index >= 15 is 0 Å². The molecular weight excluding hydrogens is 225 g/mol. The molecule has 0 heterocycles. The third kappa shape index (κ3) is 2.53. The second-order valence-electron chi connectivity index (χ2n) is 2.65. The van der Waals surface area contributed by atoms with Gasteiger partial charge in [0.05, 0.1) is 17.2 Å². The van der Waals surface area contributed by atoms with Crippen LogP contribution in [0.25, 0.3) is 0 Å². The molecular formula is C9H9Cl2NO2. The van der Waals surface area contributed by atoms with Crippen molar-refractivity contribution in [1.29, 1.82) is 0 Å². The zero-order valence-corrected chi connectivity index (χ0v) is 9.24. The average molecular weight is 234 g/mol. The Balaban J connectivity index is 3.07. The van der Waals surface area contributed by atoms with Crippen LogP contribution >= 0.6 is 23.2 Å². The molecule has 0 bridgehead atoms. The van der Waals surface area contributed by atoms with E-state index in [4.69, 9.17) is 27.9 Å². The van der Waals surface area contributed by atoms with Gasteiger partial charge in [0.2, 0.25) is 5.91 Å². The molecule has 1 amide bonds. The molecule has 5 heteroatoms. The molecule has 0 spiro atoms. The van der Waals surface area contributed by atoms with E-state index < -0.39 is 0 Å². The molecule has 1 rings (SSSR count). The highest BCUT2D eigenvalue weighted by atomic mass is 35.5. The van der Waals surface area contributed by atoms with Crippen LogP contribution in [0.1, 0.15) is 6.92 Å². The van der Waals surface area contributed by atoms with Crippen LogP contribution in [-0.4, -0.2) is 13.0 Å². The van der Waals surface area contributed by atoms with Crippen LogP contribution in [0, 0.1) is 0 Å². The zero-order chi connectivity index (χ0) is 10.7. The van der Waals surface area contributed by atoms with Gasteiger partial charge in [-0.2, -0.15) is 0 Å². The lowest BCUT2D eigenvalue weighted by molar-refractivity contribution is -0.114. The summed E-state index contributed by atoms with van der Waals surface area (Å²) in [6.45, 7) is 1.41. The van der Waals surface area contributed by atoms with Gasteiger partial charge in [0.1, 0.15) is 0 Å². The molecule has 0 saturated heterocycles. The van der Waals surface area contributed by atoms with Gasteiger partial charge in [-0.25, -0.2) is 0 Å². The Morgan fingerprint density at radius 3 is 2.21 bits per heavy atom. The zero-order valence-electron chi connectivity index (χ0n) is 7.73. The third-order valence-electron chi connectivity index (χ3n) is 1.52. The molecule has 0 atom stereocenters. The number of amides is 1. The van der Waals surface area contributed by atoms with E-state index in [1.807, 2.05) is 0 Å². The molecule has 0 aromatic heterocycles. The van der Waals surface area contributed by atoms with Crippen molar-refractivity contribution in [2.45, 2.75) is 6.92 Å². The smallest absolute Gasteiger partial charge is 0.221 e. The van der Waals surface area contributed by atoms with Crippen LogP contribution in [0.4, 0.5) is 5.69 Å². The monoisotopic (exact) mass is 233 g/mol. The van der Waals surface area contributed by atoms with Gasteiger partial charge in [-0.05, 0) is 12.1 Å². The third-order valence-corrected chi connectivity index (χ3v) is 2.08. The molecule has 0 aliphatic heterocycles. The number of rotatable bonds is 2. The first kappa shape index (κ1) is 11.1. The SMILES string of the molecule is COc1c(Cl)cc(NC(C)=O)cc1Cl. The molecule has 0 radical (unpaired) electrons. The summed E-state index contributed by atoms with van der Waals surface area (Å²) in [5.41, 5.74) is 0.549. The van der Waals surface area contributed by atoms with Gasteiger partial charge in [-0.15, -0.1) is 0 Å². The summed E-state index contributed by atoms with van der Waals surface area (Å²) >= 11 is 11.7. The topological polar surface area (TPSA) is 38.3 Å². The van der Waals surface area contributed by atoms with Gasteiger partial charge in [0, 0.05) is 12.6 Å². The number of carbonyl (C=O) groups is 1. The Morgan fingerprint density at radius 2 is 1.86 bits per heavy atom. The average Bonchev–Trinajstić information content (AvgIpc) is 2.01. The van der Waals surface area contributed by atoms with Crippen molar-refractivity contribution in [3.8, 4) is 5.75 Å². The first-order valence-corrected chi connectivity index (χ1v) is 4.61. The van der Waals surface area contributed by atoms with E-state index in [0.29, 0.717) is 21.5 Å². The Bertz CT molecular complexity index is 343. The van der Waals surface area contributed by atoms with Gasteiger partial charge in [-0.3, -0.25) is 4.79 Å². The van der Waals surface area contributed by atoms with Gasteiger partial charge in [0.25, 0.3) is 0 Å². The number of anilines is 1. The van der Waals surface area contributed by atoms with E-state index in [1.54, 1.807) is 12.1 Å². The summed E-state index contributed by atoms with van der Waals surface area (Å²) in [5.74, 6) is 0.227. The van der Waals surface area contributed by atoms with Crippen molar-refractivity contribution in [3.63, 3.8) is 0 Å². The van der Waals surface area contributed by atoms with Crippen LogP contribution in [0.15, 0.2) is 12.1 Å². The van der Waals surface area contributed by atoms with Crippen molar-refractivity contribution in [3.05, 3.63) is 22.2 Å². The van der Waals surface area contributed by atoms with E-state index in [2.05, 4.69) is 5.32 Å². The second-order valence-corrected chi connectivity index (χ2v) is 3.47. The lowest BCUT2D eigenvalue weighted by Crippen LogP contribution is -2.05. The number of carbonyl (C=O) groups excluding carboxylic acids is 1. The number of benzene rings is 1. The van der Waals surface area contributed by atoms with Crippen molar-refractivity contribution in [2.24, 2.45) is 0 Å². The normalized spacial score (nSPS) is 9.71. The molecule has 0 aliphatic rings. The van der Waals surface area contributed by atoms with Crippen molar-refractivity contribution < 1.29 is 9.53 Å². The minimum Gasteiger partial charge on any atom is -0.494 e. The summed E-state index contributed by atoms with van der Waals surface area (Å²) < 4.78 is 4.96. The lowest BCUT2D eigenvalue weighted by atomic mass is 10.3. The molecule has 1 aromatic rings. The Kier molecular flexibility index (Phi) is 3.61. The van der Waals surface area contributed by atoms with Crippen LogP contribution < -0.4 is 10.1 Å². The van der Waals surface area contributed by atoms with Crippen LogP contribution in [-0.2, 0) is 4.79 Å². The molecule has 3 nitrogen and oxygen atoms in total. The quantitative estimate of drug-likeness (QED) is 0.854. The van der Waals surface area contributed by atoms with E-state index in [1.165, 1.54) is 14.0 Å². The van der Waals surface area contributed by atoms with E-state index in [0.717, 1.165) is 0 Å². The van der Waals surface area contributed by atoms with Crippen molar-refractivity contribution in [2.75, 3.05) is 12.4 Å². The van der Waals surface area contributed by atoms with E-state index in [9.17, 15) is 4.79 Å². The summed E-state index contributed by atoms with van der Waals surface area (Å²) in [6.07, 6.45) is 0. The highest BCUT2D eigenvalue weighted by Crippen LogP contribution is 2.35. The molecule has 0 aliphatic carbocycles. The van der Waals surface area contributed by atoms with Gasteiger partial charge in [-0.1, -0.05) is 23.2 Å². The predicted octanol–water partition coefficient (Wildman–Crippen LogP) is 2.96. The molecule has 14 heavy (non-hydrogen) atoms. The fraction of sp³-hybridized carbons (Fsp3) is 0.222. The first-order chi connectivity index (χ1) is 6.54. The standard InChI is InChI=1S/C9H9Cl2NO2/c1-5(13)12-6-3-7(10)9(14-2)8(11)4-6/h3-4H,1-2H3,(H,12,13). The van der Waals surface area contributed by atoms with E-state index in [-0.39, 0.29) is 5.91 Å². The minimum absolute atomic E-state index is 0.178. The lowest BCUT2D eigenvalue weighted by Gasteiger charge is -2.08. The Hall–Kier alpha value is -0.930. The minimum atomic E-state index is -0.178. The summed E-state index contributed by atoms with van der Waals surface area (Å²) in [5, 5.41) is 3.30. The maximum absolute atomic E-state index is 10.8. The molecule has 1 N–H and O–H groups in total. The maximum Gasteiger partial charge on any atom is 0.221 e. The van der Waals surface area contributed by atoms with Gasteiger partial charge in [0.15, 0.2) is 5.75 Å². The van der Waals surface area contributed by atoms with Crippen LogP contribution in [0.3, 0.4) is 0 Å². The molecule has 0 fully saturated rings. The van der Waals surface area contributed by atoms with Crippen molar-refractivity contribution >= 4 is 34.8 Å². The maximum atomic E-state index is 10.8. The fourth-order valence-electron chi connectivity index (χ4n) is 1.03. The number of hydrogen-bond donors (Lipinski definition) is 1. The molecule has 76 valence electrons. The predicted molar refractivity (Wildman–Crippen MR) is 57.3 cm³/mol. The summed E-state index contributed by atoms with van der Waals surface area (Å²) in [4.78, 5) is 10.8. The number of nitrogens with one attached hydrogen (secondary N) is 1. The fourth-order valence-corrected chi connectivity index (χ4v) is 1.67. The number of hydrogen-bond acceptors (Lipinski definition) is 2. The number of methoxy groups -OCH3 is 1. The Labute approximate surface area is 92.0 Å². The number of ether oxygens (including phenoxy) is 1. The van der Waals surface area contributed by atoms with Crippen LogP contribution in [0.5, 0.6) is 5.75 Å². The van der Waals surface area contributed by atoms with Crippen LogP contribution in [0.2, 0.25) is 10.0 Å². The molecule has 0 unspecified atom stereocenters. The molecule has 1 aromatic carbocycles. The van der Waals surface area contributed by atoms with Gasteiger partial charge < -0.3 is 10.1 Å². The molecule has 0 saturated carbocycles. The highest BCUT2D eigenvalue weighted by molar-refractivity contribution is 6.37. The Morgan fingerprint density at radius 1 is 1.36 bits per heavy atom. The number of halogens is 2. The van der Waals surface area contributed by atoms with Gasteiger partial charge >= 0.3 is 0 Å². The van der Waals surface area contributed by atoms with Crippen molar-refractivity contribution in [1.82, 2.24) is 0 Å². The second kappa shape index (κ2) is 4.53. The highest BCUT2D eigenvalue weighted by Gasteiger charge is 2.08. The first-order valence-electron chi connectivity index (χ1n) is 3.85. The summed E-state index contributed by atoms with van der Waals surface area (Å²) in [6, 6.07) is 3.15.